The maximum Gasteiger partial charge on any atom is 0.257 e. The van der Waals surface area contributed by atoms with Gasteiger partial charge in [0.25, 0.3) is 5.91 Å². The summed E-state index contributed by atoms with van der Waals surface area (Å²) in [4.78, 5) is 45.8. The molecule has 0 aromatic heterocycles. The van der Waals surface area contributed by atoms with Crippen LogP contribution in [0.3, 0.4) is 0 Å². The van der Waals surface area contributed by atoms with Gasteiger partial charge in [0.15, 0.2) is 0 Å². The second-order valence-electron chi connectivity index (χ2n) is 8.39. The van der Waals surface area contributed by atoms with Crippen LogP contribution < -0.4 is 9.80 Å². The maximum atomic E-state index is 13.4. The van der Waals surface area contributed by atoms with Crippen LogP contribution in [0.15, 0.2) is 53.4 Å². The molecule has 0 aliphatic carbocycles. The topological polar surface area (TPSA) is 60.9 Å². The molecule has 1 unspecified atom stereocenters. The molecule has 0 N–H and O–H groups in total. The highest BCUT2D eigenvalue weighted by atomic mass is 32.2. The summed E-state index contributed by atoms with van der Waals surface area (Å²) in [5.41, 5.74) is 1.43. The first kappa shape index (κ1) is 20.1. The lowest BCUT2D eigenvalue weighted by atomic mass is 9.98. The van der Waals surface area contributed by atoms with E-state index in [9.17, 15) is 14.4 Å². The van der Waals surface area contributed by atoms with Crippen LogP contribution in [-0.4, -0.2) is 47.1 Å². The predicted molar refractivity (Wildman–Crippen MR) is 121 cm³/mol. The smallest absolute Gasteiger partial charge is 0.257 e. The molecule has 1 fully saturated rings. The van der Waals surface area contributed by atoms with E-state index in [1.807, 2.05) is 48.2 Å². The molecule has 0 spiro atoms. The molecule has 0 bridgehead atoms. The van der Waals surface area contributed by atoms with Gasteiger partial charge in [-0.3, -0.25) is 19.3 Å². The number of amides is 3. The fourth-order valence-corrected chi connectivity index (χ4v) is 5.96. The van der Waals surface area contributed by atoms with Crippen LogP contribution in [0.4, 0.5) is 11.4 Å². The van der Waals surface area contributed by atoms with E-state index >= 15 is 0 Å². The molecule has 3 aliphatic heterocycles. The van der Waals surface area contributed by atoms with E-state index in [-0.39, 0.29) is 30.7 Å². The van der Waals surface area contributed by atoms with Crippen molar-refractivity contribution in [1.29, 1.82) is 0 Å². The van der Waals surface area contributed by atoms with Crippen LogP contribution in [-0.2, 0) is 9.59 Å². The van der Waals surface area contributed by atoms with E-state index in [0.717, 1.165) is 22.8 Å². The fourth-order valence-electron chi connectivity index (χ4n) is 4.97. The van der Waals surface area contributed by atoms with Gasteiger partial charge in [0, 0.05) is 30.8 Å². The Morgan fingerprint density at radius 1 is 1.06 bits per heavy atom. The van der Waals surface area contributed by atoms with Crippen LogP contribution >= 0.6 is 11.8 Å². The molecular formula is C24H25N3O3S. The van der Waals surface area contributed by atoms with Gasteiger partial charge in [-0.25, -0.2) is 0 Å². The Morgan fingerprint density at radius 3 is 2.65 bits per heavy atom. The third kappa shape index (κ3) is 3.22. The monoisotopic (exact) mass is 435 g/mol. The number of thioether (sulfide) groups is 1. The highest BCUT2D eigenvalue weighted by Gasteiger charge is 2.52. The van der Waals surface area contributed by atoms with Crippen molar-refractivity contribution >= 4 is 40.9 Å². The van der Waals surface area contributed by atoms with E-state index in [1.165, 1.54) is 0 Å². The zero-order valence-corrected chi connectivity index (χ0v) is 18.4. The average molecular weight is 436 g/mol. The highest BCUT2D eigenvalue weighted by Crippen LogP contribution is 2.44. The molecule has 7 heteroatoms. The summed E-state index contributed by atoms with van der Waals surface area (Å²) in [6, 6.07) is 15.3. The van der Waals surface area contributed by atoms with E-state index in [2.05, 4.69) is 6.07 Å². The summed E-state index contributed by atoms with van der Waals surface area (Å²) >= 11 is 1.78. The normalized spacial score (nSPS) is 22.7. The van der Waals surface area contributed by atoms with Gasteiger partial charge in [0.05, 0.1) is 16.9 Å². The molecule has 6 nitrogen and oxygen atoms in total. The second-order valence-corrected chi connectivity index (χ2v) is 9.52. The molecule has 160 valence electrons. The van der Waals surface area contributed by atoms with Crippen LogP contribution in [0.1, 0.15) is 43.0 Å². The fraction of sp³-hybridized carbons (Fsp3) is 0.375. The second kappa shape index (κ2) is 7.71. The van der Waals surface area contributed by atoms with Crippen molar-refractivity contribution in [1.82, 2.24) is 4.90 Å². The van der Waals surface area contributed by atoms with Gasteiger partial charge in [-0.15, -0.1) is 11.8 Å². The standard InChI is InChI=1S/C24H25N3O3S/c1-24-13-11-22(29)27(24)18-8-3-2-7-17(18)23(30)26(24)15-12-21(28)25-14-6-16-31-20-10-5-4-9-19(20)25/h2-5,7-10H,6,11-16H2,1H3. The molecule has 3 heterocycles. The minimum Gasteiger partial charge on any atom is -0.315 e. The lowest BCUT2D eigenvalue weighted by molar-refractivity contribution is -0.119. The third-order valence-corrected chi connectivity index (χ3v) is 7.68. The number of benzene rings is 2. The van der Waals surface area contributed by atoms with Gasteiger partial charge in [-0.05, 0) is 49.8 Å². The van der Waals surface area contributed by atoms with E-state index in [4.69, 9.17) is 0 Å². The van der Waals surface area contributed by atoms with Crippen molar-refractivity contribution in [3.8, 4) is 0 Å². The number of carbonyl (C=O) groups is 3. The van der Waals surface area contributed by atoms with Gasteiger partial charge in [0.1, 0.15) is 5.66 Å². The van der Waals surface area contributed by atoms with Crippen molar-refractivity contribution in [3.63, 3.8) is 0 Å². The van der Waals surface area contributed by atoms with Gasteiger partial charge in [-0.2, -0.15) is 0 Å². The molecule has 2 aromatic rings. The summed E-state index contributed by atoms with van der Waals surface area (Å²) in [7, 11) is 0. The molecule has 2 aromatic carbocycles. The van der Waals surface area contributed by atoms with Crippen molar-refractivity contribution in [2.45, 2.75) is 43.2 Å². The van der Waals surface area contributed by atoms with Crippen molar-refractivity contribution in [2.24, 2.45) is 0 Å². The number of rotatable bonds is 3. The Bertz CT molecular complexity index is 1070. The minimum atomic E-state index is -0.727. The van der Waals surface area contributed by atoms with Crippen molar-refractivity contribution in [3.05, 3.63) is 54.1 Å². The van der Waals surface area contributed by atoms with Crippen molar-refractivity contribution in [2.75, 3.05) is 28.6 Å². The molecule has 5 rings (SSSR count). The molecular weight excluding hydrogens is 410 g/mol. The summed E-state index contributed by atoms with van der Waals surface area (Å²) in [5.74, 6) is 0.916. The van der Waals surface area contributed by atoms with Crippen LogP contribution in [0.5, 0.6) is 0 Å². The lowest BCUT2D eigenvalue weighted by Gasteiger charge is -2.48. The van der Waals surface area contributed by atoms with E-state index < -0.39 is 5.66 Å². The molecule has 3 amide bonds. The molecule has 31 heavy (non-hydrogen) atoms. The largest absolute Gasteiger partial charge is 0.315 e. The first-order valence-corrected chi connectivity index (χ1v) is 11.8. The zero-order valence-electron chi connectivity index (χ0n) is 17.5. The SMILES string of the molecule is CC12CCC(=O)N1c1ccccc1C(=O)N2CCC(=O)N1CCCSc2ccccc21. The van der Waals surface area contributed by atoms with E-state index in [1.54, 1.807) is 27.6 Å². The maximum absolute atomic E-state index is 13.4. The number of hydrogen-bond donors (Lipinski definition) is 0. The Kier molecular flexibility index (Phi) is 5.01. The summed E-state index contributed by atoms with van der Waals surface area (Å²) < 4.78 is 0. The Balaban J connectivity index is 1.41. The number of carbonyl (C=O) groups excluding carboxylic acids is 3. The summed E-state index contributed by atoms with van der Waals surface area (Å²) in [6.07, 6.45) is 2.13. The van der Waals surface area contributed by atoms with Gasteiger partial charge in [-0.1, -0.05) is 24.3 Å². The number of fused-ring (bicyclic) bond motifs is 4. The highest BCUT2D eigenvalue weighted by molar-refractivity contribution is 7.99. The number of hydrogen-bond acceptors (Lipinski definition) is 4. The molecule has 1 saturated heterocycles. The molecule has 1 atom stereocenters. The van der Waals surface area contributed by atoms with Crippen LogP contribution in [0.25, 0.3) is 0 Å². The number of nitrogens with zero attached hydrogens (tertiary/aromatic N) is 3. The first-order chi connectivity index (χ1) is 15.0. The first-order valence-electron chi connectivity index (χ1n) is 10.8. The molecule has 0 saturated carbocycles. The summed E-state index contributed by atoms with van der Waals surface area (Å²) in [5, 5.41) is 0. The van der Waals surface area contributed by atoms with Crippen LogP contribution in [0, 0.1) is 0 Å². The predicted octanol–water partition coefficient (Wildman–Crippen LogP) is 3.90. The minimum absolute atomic E-state index is 0.0149. The Labute approximate surface area is 186 Å². The summed E-state index contributed by atoms with van der Waals surface area (Å²) in [6.45, 7) is 2.91. The van der Waals surface area contributed by atoms with Gasteiger partial charge in [0.2, 0.25) is 11.8 Å². The zero-order chi connectivity index (χ0) is 21.6. The Hall–Kier alpha value is -2.80. The van der Waals surface area contributed by atoms with Gasteiger partial charge < -0.3 is 9.80 Å². The number of anilines is 2. The Morgan fingerprint density at radius 2 is 1.81 bits per heavy atom. The van der Waals surface area contributed by atoms with Gasteiger partial charge >= 0.3 is 0 Å². The average Bonchev–Trinajstić information content (AvgIpc) is 2.96. The molecule has 0 radical (unpaired) electrons. The van der Waals surface area contributed by atoms with Crippen LogP contribution in [0.2, 0.25) is 0 Å². The quantitative estimate of drug-likeness (QED) is 0.734. The third-order valence-electron chi connectivity index (χ3n) is 6.54. The molecule has 3 aliphatic rings. The number of para-hydroxylation sites is 2. The van der Waals surface area contributed by atoms with E-state index in [0.29, 0.717) is 30.6 Å². The lowest BCUT2D eigenvalue weighted by Crippen LogP contribution is -2.62. The van der Waals surface area contributed by atoms with Crippen molar-refractivity contribution < 1.29 is 14.4 Å².